The molecule has 0 bridgehead atoms. The second kappa shape index (κ2) is 7.50. The fourth-order valence-corrected chi connectivity index (χ4v) is 3.88. The molecular formula is C20H24N2O5. The number of carbonyl (C=O) groups is 4. The maximum atomic E-state index is 12.4. The Labute approximate surface area is 158 Å². The van der Waals surface area contributed by atoms with Gasteiger partial charge >= 0.3 is 5.97 Å². The van der Waals surface area contributed by atoms with Crippen LogP contribution in [0.1, 0.15) is 47.9 Å². The number of likely N-dealkylation sites (tertiary alicyclic amines) is 1. The molecule has 0 spiro atoms. The highest BCUT2D eigenvalue weighted by atomic mass is 16.5. The van der Waals surface area contributed by atoms with Crippen LogP contribution < -0.4 is 0 Å². The van der Waals surface area contributed by atoms with E-state index in [1.54, 1.807) is 29.2 Å². The summed E-state index contributed by atoms with van der Waals surface area (Å²) in [5.41, 5.74) is 0.545. The lowest BCUT2D eigenvalue weighted by Crippen LogP contribution is -2.46. The lowest BCUT2D eigenvalue weighted by molar-refractivity contribution is -0.155. The predicted molar refractivity (Wildman–Crippen MR) is 96.9 cm³/mol. The molecule has 0 aromatic heterocycles. The summed E-state index contributed by atoms with van der Waals surface area (Å²) in [6, 6.07) is 5.33. The molecule has 0 saturated carbocycles. The minimum Gasteiger partial charge on any atom is -0.454 e. The van der Waals surface area contributed by atoms with Crippen molar-refractivity contribution >= 4 is 23.7 Å². The number of fused-ring (bicyclic) bond motifs is 1. The average molecular weight is 372 g/mol. The van der Waals surface area contributed by atoms with Crippen LogP contribution in [-0.4, -0.2) is 59.2 Å². The van der Waals surface area contributed by atoms with Gasteiger partial charge in [-0.05, 0) is 37.3 Å². The average Bonchev–Trinajstić information content (AvgIpc) is 2.89. The number of ether oxygens (including phenoxy) is 1. The zero-order chi connectivity index (χ0) is 19.7. The molecule has 7 nitrogen and oxygen atoms in total. The van der Waals surface area contributed by atoms with Crippen molar-refractivity contribution < 1.29 is 23.9 Å². The Bertz CT molecular complexity index is 745. The largest absolute Gasteiger partial charge is 0.454 e. The molecular weight excluding hydrogens is 348 g/mol. The van der Waals surface area contributed by atoms with Crippen LogP contribution in [0, 0.1) is 11.8 Å². The number of hydrogen-bond acceptors (Lipinski definition) is 5. The Morgan fingerprint density at radius 1 is 1.07 bits per heavy atom. The number of hydrogen-bond donors (Lipinski definition) is 0. The van der Waals surface area contributed by atoms with Crippen molar-refractivity contribution in [2.24, 2.45) is 11.8 Å². The van der Waals surface area contributed by atoms with Crippen molar-refractivity contribution in [3.63, 3.8) is 0 Å². The lowest BCUT2D eigenvalue weighted by Gasteiger charge is -2.34. The van der Waals surface area contributed by atoms with E-state index in [-0.39, 0.29) is 23.6 Å². The number of piperidine rings is 1. The number of nitrogens with zero attached hydrogens (tertiary/aromatic N) is 2. The minimum absolute atomic E-state index is 0.253. The quantitative estimate of drug-likeness (QED) is 0.594. The topological polar surface area (TPSA) is 84.0 Å². The standard InChI is InChI=1S/C20H24N2O5/c1-12-8-13(2)10-21(9-12)17(23)11-27-20(26)14(3)22-18(24)15-6-4-5-7-16(15)19(22)25/h4-7,12-14H,8-11H2,1-3H3/t12-,13+,14-/m1/s1. The highest BCUT2D eigenvalue weighted by Crippen LogP contribution is 2.25. The number of benzene rings is 1. The van der Waals surface area contributed by atoms with Crippen LogP contribution >= 0.6 is 0 Å². The second-order valence-electron chi connectivity index (χ2n) is 7.55. The van der Waals surface area contributed by atoms with Gasteiger partial charge in [-0.25, -0.2) is 4.79 Å². The van der Waals surface area contributed by atoms with Crippen LogP contribution in [0.5, 0.6) is 0 Å². The number of imide groups is 1. The molecule has 3 amide bonds. The van der Waals surface area contributed by atoms with Crippen LogP contribution in [0.3, 0.4) is 0 Å². The van der Waals surface area contributed by atoms with Crippen molar-refractivity contribution in [3.8, 4) is 0 Å². The van der Waals surface area contributed by atoms with Crippen molar-refractivity contribution in [1.82, 2.24) is 9.80 Å². The van der Waals surface area contributed by atoms with E-state index >= 15 is 0 Å². The van der Waals surface area contributed by atoms with E-state index in [9.17, 15) is 19.2 Å². The van der Waals surface area contributed by atoms with Crippen LogP contribution in [-0.2, 0) is 14.3 Å². The zero-order valence-electron chi connectivity index (χ0n) is 15.8. The molecule has 0 unspecified atom stereocenters. The van der Waals surface area contributed by atoms with E-state index in [2.05, 4.69) is 13.8 Å². The van der Waals surface area contributed by atoms with Gasteiger partial charge in [0, 0.05) is 13.1 Å². The second-order valence-corrected chi connectivity index (χ2v) is 7.55. The van der Waals surface area contributed by atoms with Crippen molar-refractivity contribution in [2.45, 2.75) is 33.2 Å². The molecule has 3 rings (SSSR count). The van der Waals surface area contributed by atoms with Crippen molar-refractivity contribution in [1.29, 1.82) is 0 Å². The summed E-state index contributed by atoms with van der Waals surface area (Å²) < 4.78 is 5.12. The zero-order valence-corrected chi connectivity index (χ0v) is 15.8. The molecule has 0 N–H and O–H groups in total. The van der Waals surface area contributed by atoms with Gasteiger partial charge in [0.1, 0.15) is 6.04 Å². The third-order valence-corrected chi connectivity index (χ3v) is 5.11. The molecule has 1 fully saturated rings. The Kier molecular flexibility index (Phi) is 5.30. The smallest absolute Gasteiger partial charge is 0.329 e. The number of rotatable bonds is 4. The van der Waals surface area contributed by atoms with Gasteiger partial charge in [0.15, 0.2) is 6.61 Å². The van der Waals surface area contributed by atoms with Gasteiger partial charge in [-0.2, -0.15) is 0 Å². The number of carbonyl (C=O) groups excluding carboxylic acids is 4. The fraction of sp³-hybridized carbons (Fsp3) is 0.500. The molecule has 0 radical (unpaired) electrons. The molecule has 1 aromatic carbocycles. The van der Waals surface area contributed by atoms with Crippen molar-refractivity contribution in [2.75, 3.05) is 19.7 Å². The Morgan fingerprint density at radius 2 is 1.59 bits per heavy atom. The summed E-state index contributed by atoms with van der Waals surface area (Å²) in [6.07, 6.45) is 1.07. The van der Waals surface area contributed by atoms with Crippen molar-refractivity contribution in [3.05, 3.63) is 35.4 Å². The van der Waals surface area contributed by atoms with E-state index in [1.165, 1.54) is 6.92 Å². The van der Waals surface area contributed by atoms with Gasteiger partial charge in [0.05, 0.1) is 11.1 Å². The number of amides is 3. The number of esters is 1. The highest BCUT2D eigenvalue weighted by Gasteiger charge is 2.41. The minimum atomic E-state index is -1.09. The first-order chi connectivity index (χ1) is 12.8. The van der Waals surface area contributed by atoms with Crippen LogP contribution in [0.2, 0.25) is 0 Å². The summed E-state index contributed by atoms with van der Waals surface area (Å²) in [5.74, 6) is -1.25. The van der Waals surface area contributed by atoms with Gasteiger partial charge in [-0.15, -0.1) is 0 Å². The Balaban J connectivity index is 1.59. The molecule has 144 valence electrons. The van der Waals surface area contributed by atoms with E-state index in [0.29, 0.717) is 24.9 Å². The molecule has 27 heavy (non-hydrogen) atoms. The first-order valence-electron chi connectivity index (χ1n) is 9.21. The molecule has 2 aliphatic heterocycles. The van der Waals surface area contributed by atoms with E-state index < -0.39 is 23.8 Å². The van der Waals surface area contributed by atoms with E-state index in [1.807, 2.05) is 0 Å². The molecule has 2 heterocycles. The molecule has 1 aromatic rings. The van der Waals surface area contributed by atoms with Crippen LogP contribution in [0.15, 0.2) is 24.3 Å². The Morgan fingerprint density at radius 3 is 2.11 bits per heavy atom. The van der Waals surface area contributed by atoms with Gasteiger partial charge in [0.25, 0.3) is 17.7 Å². The first-order valence-corrected chi connectivity index (χ1v) is 9.21. The van der Waals surface area contributed by atoms with Gasteiger partial charge in [-0.1, -0.05) is 26.0 Å². The normalized spacial score (nSPS) is 23.2. The highest BCUT2D eigenvalue weighted by molar-refractivity contribution is 6.22. The van der Waals surface area contributed by atoms with E-state index in [0.717, 1.165) is 11.3 Å². The van der Waals surface area contributed by atoms with Crippen LogP contribution in [0.4, 0.5) is 0 Å². The third-order valence-electron chi connectivity index (χ3n) is 5.11. The summed E-state index contributed by atoms with van der Waals surface area (Å²) in [5, 5.41) is 0. The third kappa shape index (κ3) is 3.72. The molecule has 3 atom stereocenters. The molecule has 7 heteroatoms. The van der Waals surface area contributed by atoms with Gasteiger partial charge in [0.2, 0.25) is 0 Å². The van der Waals surface area contributed by atoms with Crippen LogP contribution in [0.25, 0.3) is 0 Å². The first kappa shape index (κ1) is 19.1. The summed E-state index contributed by atoms with van der Waals surface area (Å²) >= 11 is 0. The summed E-state index contributed by atoms with van der Waals surface area (Å²) in [7, 11) is 0. The fourth-order valence-electron chi connectivity index (χ4n) is 3.88. The molecule has 1 saturated heterocycles. The van der Waals surface area contributed by atoms with E-state index in [4.69, 9.17) is 4.74 Å². The lowest BCUT2D eigenvalue weighted by atomic mass is 9.92. The Hall–Kier alpha value is -2.70. The monoisotopic (exact) mass is 372 g/mol. The SMILES string of the molecule is C[C@@H]1C[C@H](C)CN(C(=O)COC(=O)[C@@H](C)N2C(=O)c3ccccc3C2=O)C1. The summed E-state index contributed by atoms with van der Waals surface area (Å²) in [4.78, 5) is 52.2. The van der Waals surface area contributed by atoms with Gasteiger partial charge in [-0.3, -0.25) is 19.3 Å². The molecule has 2 aliphatic rings. The maximum Gasteiger partial charge on any atom is 0.329 e. The summed E-state index contributed by atoms with van der Waals surface area (Å²) in [6.45, 7) is 6.52. The van der Waals surface area contributed by atoms with Gasteiger partial charge < -0.3 is 9.64 Å². The molecule has 0 aliphatic carbocycles. The maximum absolute atomic E-state index is 12.4. The predicted octanol–water partition coefficient (Wildman–Crippen LogP) is 1.72.